The summed E-state index contributed by atoms with van der Waals surface area (Å²) in [5, 5.41) is 3.11. The zero-order chi connectivity index (χ0) is 16.5. The molecule has 25 heavy (non-hydrogen) atoms. The highest BCUT2D eigenvalue weighted by Gasteiger charge is 2.21. The van der Waals surface area contributed by atoms with Crippen molar-refractivity contribution >= 4 is 30.7 Å². The number of carbonyl (C=O) groups is 1. The fraction of sp³-hybridized carbons (Fsp3) is 0.611. The summed E-state index contributed by atoms with van der Waals surface area (Å²) in [4.78, 5) is 14.5. The normalized spacial score (nSPS) is 16.4. The number of nitrogens with two attached hydrogens (primary N) is 1. The Labute approximate surface area is 163 Å². The van der Waals surface area contributed by atoms with Crippen LogP contribution in [0.1, 0.15) is 24.8 Å². The molecule has 1 aromatic carbocycles. The minimum atomic E-state index is -0.180. The van der Waals surface area contributed by atoms with E-state index < -0.39 is 0 Å². The van der Waals surface area contributed by atoms with Crippen LogP contribution in [0.25, 0.3) is 0 Å². The van der Waals surface area contributed by atoms with Crippen LogP contribution in [0.2, 0.25) is 0 Å². The lowest BCUT2D eigenvalue weighted by molar-refractivity contribution is -0.124. The van der Waals surface area contributed by atoms with Gasteiger partial charge in [-0.2, -0.15) is 0 Å². The van der Waals surface area contributed by atoms with Crippen molar-refractivity contribution in [2.45, 2.75) is 37.8 Å². The van der Waals surface area contributed by atoms with E-state index in [0.717, 1.165) is 38.9 Å². The molecule has 2 rings (SSSR count). The number of piperidine rings is 1. The van der Waals surface area contributed by atoms with E-state index in [9.17, 15) is 4.79 Å². The van der Waals surface area contributed by atoms with E-state index >= 15 is 0 Å². The number of hydrogen-bond donors (Lipinski definition) is 2. The van der Waals surface area contributed by atoms with E-state index in [2.05, 4.69) is 40.5 Å². The maximum Gasteiger partial charge on any atom is 0.222 e. The van der Waals surface area contributed by atoms with Crippen molar-refractivity contribution in [3.8, 4) is 0 Å². The largest absolute Gasteiger partial charge is 0.380 e. The molecule has 1 saturated heterocycles. The number of carbonyl (C=O) groups excluding carboxylic acids is 1. The monoisotopic (exact) mass is 391 g/mol. The molecule has 0 aromatic heterocycles. The van der Waals surface area contributed by atoms with Gasteiger partial charge in [0.1, 0.15) is 0 Å². The molecule has 1 unspecified atom stereocenters. The van der Waals surface area contributed by atoms with Gasteiger partial charge in [-0.25, -0.2) is 0 Å². The van der Waals surface area contributed by atoms with Crippen molar-refractivity contribution in [2.75, 3.05) is 33.3 Å². The van der Waals surface area contributed by atoms with Gasteiger partial charge in [-0.1, -0.05) is 30.3 Å². The number of amides is 1. The zero-order valence-electron chi connectivity index (χ0n) is 14.9. The first-order chi connectivity index (χ1) is 11.2. The van der Waals surface area contributed by atoms with Gasteiger partial charge in [-0.05, 0) is 24.8 Å². The molecule has 1 fully saturated rings. The Morgan fingerprint density at radius 1 is 1.28 bits per heavy atom. The number of hydrogen-bond acceptors (Lipinski definition) is 4. The molecule has 0 bridgehead atoms. The molecule has 144 valence electrons. The lowest BCUT2D eigenvalue weighted by Gasteiger charge is -2.32. The number of rotatable bonds is 8. The number of methoxy groups -OCH3 is 1. The summed E-state index contributed by atoms with van der Waals surface area (Å²) in [5.74, 6) is 0.0463. The number of ether oxygens (including phenoxy) is 1. The number of benzene rings is 1. The molecule has 1 atom stereocenters. The Morgan fingerprint density at radius 2 is 1.92 bits per heavy atom. The molecule has 5 nitrogen and oxygen atoms in total. The number of likely N-dealkylation sites (tertiary alicyclic amines) is 1. The Kier molecular flexibility index (Phi) is 12.9. The average Bonchev–Trinajstić information content (AvgIpc) is 2.60. The molecule has 1 amide bonds. The lowest BCUT2D eigenvalue weighted by Crippen LogP contribution is -2.46. The minimum Gasteiger partial charge on any atom is -0.380 e. The second kappa shape index (κ2) is 13.4. The second-order valence-corrected chi connectivity index (χ2v) is 6.22. The summed E-state index contributed by atoms with van der Waals surface area (Å²) >= 11 is 0. The molecular formula is C18H31Cl2N3O2. The van der Waals surface area contributed by atoms with Gasteiger partial charge in [0.2, 0.25) is 5.91 Å². The van der Waals surface area contributed by atoms with E-state index in [1.165, 1.54) is 5.56 Å². The van der Waals surface area contributed by atoms with Gasteiger partial charge in [0.15, 0.2) is 0 Å². The summed E-state index contributed by atoms with van der Waals surface area (Å²) in [6, 6.07) is 10.9. The lowest BCUT2D eigenvalue weighted by atomic mass is 10.0. The van der Waals surface area contributed by atoms with Crippen LogP contribution in [0.3, 0.4) is 0 Å². The van der Waals surface area contributed by atoms with Crippen LogP contribution in [0.15, 0.2) is 30.3 Å². The Bertz CT molecular complexity index is 465. The van der Waals surface area contributed by atoms with Crippen molar-refractivity contribution in [3.63, 3.8) is 0 Å². The fourth-order valence-electron chi connectivity index (χ4n) is 2.99. The SMILES string of the molecule is COC(CN)CC(=O)NC1CCN(CCc2ccccc2)CC1.Cl.Cl. The third kappa shape index (κ3) is 8.88. The smallest absolute Gasteiger partial charge is 0.222 e. The van der Waals surface area contributed by atoms with E-state index in [1.807, 2.05) is 0 Å². The fourth-order valence-corrected chi connectivity index (χ4v) is 2.99. The summed E-state index contributed by atoms with van der Waals surface area (Å²) in [5.41, 5.74) is 6.94. The topological polar surface area (TPSA) is 67.6 Å². The molecule has 7 heteroatoms. The molecule has 1 aliphatic rings. The summed E-state index contributed by atoms with van der Waals surface area (Å²) < 4.78 is 5.16. The summed E-state index contributed by atoms with van der Waals surface area (Å²) in [6.45, 7) is 3.55. The Morgan fingerprint density at radius 3 is 2.48 bits per heavy atom. The van der Waals surface area contributed by atoms with Crippen LogP contribution in [0, 0.1) is 0 Å². The number of halogens is 2. The second-order valence-electron chi connectivity index (χ2n) is 6.22. The van der Waals surface area contributed by atoms with Gasteiger partial charge < -0.3 is 20.7 Å². The van der Waals surface area contributed by atoms with Crippen molar-refractivity contribution < 1.29 is 9.53 Å². The molecular weight excluding hydrogens is 361 g/mol. The third-order valence-corrected chi connectivity index (χ3v) is 4.52. The van der Waals surface area contributed by atoms with Crippen molar-refractivity contribution in [1.29, 1.82) is 0 Å². The van der Waals surface area contributed by atoms with Gasteiger partial charge in [0, 0.05) is 39.3 Å². The van der Waals surface area contributed by atoms with Gasteiger partial charge in [0.25, 0.3) is 0 Å². The number of nitrogens with zero attached hydrogens (tertiary/aromatic N) is 1. The predicted molar refractivity (Wildman–Crippen MR) is 107 cm³/mol. The van der Waals surface area contributed by atoms with Crippen LogP contribution in [0.5, 0.6) is 0 Å². The quantitative estimate of drug-likeness (QED) is 0.710. The average molecular weight is 392 g/mol. The Balaban J connectivity index is 0.00000288. The first-order valence-corrected chi connectivity index (χ1v) is 8.49. The maximum absolute atomic E-state index is 12.0. The van der Waals surface area contributed by atoms with Crippen molar-refractivity contribution in [3.05, 3.63) is 35.9 Å². The van der Waals surface area contributed by atoms with Gasteiger partial charge >= 0.3 is 0 Å². The van der Waals surface area contributed by atoms with Crippen LogP contribution in [-0.4, -0.2) is 56.2 Å². The first-order valence-electron chi connectivity index (χ1n) is 8.49. The van der Waals surface area contributed by atoms with Gasteiger partial charge in [0.05, 0.1) is 12.5 Å². The van der Waals surface area contributed by atoms with Crippen LogP contribution < -0.4 is 11.1 Å². The highest BCUT2D eigenvalue weighted by molar-refractivity contribution is 5.85. The highest BCUT2D eigenvalue weighted by atomic mass is 35.5. The van der Waals surface area contributed by atoms with E-state index in [1.54, 1.807) is 7.11 Å². The standard InChI is InChI=1S/C18H29N3O2.2ClH/c1-23-17(14-19)13-18(22)20-16-8-11-21(12-9-16)10-7-15-5-3-2-4-6-15;;/h2-6,16-17H,7-14,19H2,1H3,(H,20,22);2*1H. The molecule has 0 radical (unpaired) electrons. The highest BCUT2D eigenvalue weighted by Crippen LogP contribution is 2.12. The van der Waals surface area contributed by atoms with Crippen LogP contribution in [0.4, 0.5) is 0 Å². The van der Waals surface area contributed by atoms with E-state index in [-0.39, 0.29) is 42.9 Å². The summed E-state index contributed by atoms with van der Waals surface area (Å²) in [7, 11) is 1.59. The van der Waals surface area contributed by atoms with Crippen molar-refractivity contribution in [2.24, 2.45) is 5.73 Å². The minimum absolute atomic E-state index is 0. The summed E-state index contributed by atoms with van der Waals surface area (Å²) in [6.07, 6.45) is 3.29. The predicted octanol–water partition coefficient (Wildman–Crippen LogP) is 2.02. The Hall–Kier alpha value is -0.850. The van der Waals surface area contributed by atoms with E-state index in [0.29, 0.717) is 13.0 Å². The van der Waals surface area contributed by atoms with Crippen LogP contribution >= 0.6 is 24.8 Å². The van der Waals surface area contributed by atoms with Crippen molar-refractivity contribution in [1.82, 2.24) is 10.2 Å². The maximum atomic E-state index is 12.0. The molecule has 1 aromatic rings. The van der Waals surface area contributed by atoms with E-state index in [4.69, 9.17) is 10.5 Å². The molecule has 3 N–H and O–H groups in total. The molecule has 0 saturated carbocycles. The molecule has 0 aliphatic carbocycles. The molecule has 1 aliphatic heterocycles. The molecule has 1 heterocycles. The zero-order valence-corrected chi connectivity index (χ0v) is 16.5. The first kappa shape index (κ1) is 24.1. The van der Waals surface area contributed by atoms with Crippen LogP contribution in [-0.2, 0) is 16.0 Å². The third-order valence-electron chi connectivity index (χ3n) is 4.52. The van der Waals surface area contributed by atoms with Gasteiger partial charge in [-0.3, -0.25) is 4.79 Å². The number of nitrogens with one attached hydrogen (secondary N) is 1. The molecule has 0 spiro atoms. The van der Waals surface area contributed by atoms with Gasteiger partial charge in [-0.15, -0.1) is 24.8 Å².